The third-order valence-electron chi connectivity index (χ3n) is 3.78. The zero-order valence-electron chi connectivity index (χ0n) is 9.30. The van der Waals surface area contributed by atoms with Crippen LogP contribution in [-0.4, -0.2) is 54.9 Å². The second kappa shape index (κ2) is 4.11. The molecule has 82 valence electrons. The van der Waals surface area contributed by atoms with E-state index in [4.69, 9.17) is 0 Å². The summed E-state index contributed by atoms with van der Waals surface area (Å²) < 4.78 is 0. The second-order valence-electron chi connectivity index (χ2n) is 5.27. The van der Waals surface area contributed by atoms with Crippen molar-refractivity contribution in [1.29, 1.82) is 0 Å². The summed E-state index contributed by atoms with van der Waals surface area (Å²) in [7, 11) is 4.40. The molecular weight excluding hydrogens is 240 g/mol. The molecule has 1 heterocycles. The lowest BCUT2D eigenvalue weighted by Crippen LogP contribution is -2.34. The molecule has 14 heavy (non-hydrogen) atoms. The quantitative estimate of drug-likeness (QED) is 0.712. The number of hydrogen-bond acceptors (Lipinski definition) is 2. The maximum Gasteiger partial charge on any atom is 0.0229 e. The summed E-state index contributed by atoms with van der Waals surface area (Å²) >= 11 is 3.65. The normalized spacial score (nSPS) is 31.3. The number of rotatable bonds is 4. The minimum atomic E-state index is 0.654. The first-order chi connectivity index (χ1) is 6.65. The van der Waals surface area contributed by atoms with Gasteiger partial charge in [0, 0.05) is 24.5 Å². The molecule has 2 nitrogen and oxygen atoms in total. The van der Waals surface area contributed by atoms with Gasteiger partial charge in [-0.05, 0) is 45.3 Å². The van der Waals surface area contributed by atoms with Gasteiger partial charge in [0.25, 0.3) is 0 Å². The van der Waals surface area contributed by atoms with Crippen molar-refractivity contribution in [3.8, 4) is 0 Å². The van der Waals surface area contributed by atoms with Crippen molar-refractivity contribution >= 4 is 15.9 Å². The first-order valence-electron chi connectivity index (χ1n) is 5.60. The van der Waals surface area contributed by atoms with Crippen LogP contribution in [0, 0.1) is 5.41 Å². The molecule has 1 unspecified atom stereocenters. The summed E-state index contributed by atoms with van der Waals surface area (Å²) in [5, 5.41) is 1.20. The van der Waals surface area contributed by atoms with Crippen LogP contribution in [0.25, 0.3) is 0 Å². The molecule has 0 amide bonds. The lowest BCUT2D eigenvalue weighted by Gasteiger charge is -2.23. The van der Waals surface area contributed by atoms with Crippen molar-refractivity contribution in [2.24, 2.45) is 5.41 Å². The van der Waals surface area contributed by atoms with Gasteiger partial charge in [-0.15, -0.1) is 0 Å². The summed E-state index contributed by atoms with van der Waals surface area (Å²) in [6.07, 6.45) is 4.22. The molecule has 2 rings (SSSR count). The third-order valence-corrected chi connectivity index (χ3v) is 4.97. The highest BCUT2D eigenvalue weighted by Crippen LogP contribution is 2.48. The molecule has 2 aliphatic rings. The van der Waals surface area contributed by atoms with Crippen LogP contribution in [0.2, 0.25) is 0 Å². The van der Waals surface area contributed by atoms with E-state index in [1.54, 1.807) is 0 Å². The summed E-state index contributed by atoms with van der Waals surface area (Å²) in [5.41, 5.74) is 0.654. The summed E-state index contributed by atoms with van der Waals surface area (Å²) in [6, 6.07) is 0.793. The van der Waals surface area contributed by atoms with E-state index in [1.807, 2.05) is 0 Å². The molecule has 1 aliphatic heterocycles. The zero-order valence-corrected chi connectivity index (χ0v) is 10.9. The fourth-order valence-corrected chi connectivity index (χ4v) is 3.10. The molecule has 0 radical (unpaired) electrons. The van der Waals surface area contributed by atoms with E-state index in [9.17, 15) is 0 Å². The average Bonchev–Trinajstić information content (AvgIpc) is 2.75. The lowest BCUT2D eigenvalue weighted by molar-refractivity contribution is 0.242. The van der Waals surface area contributed by atoms with Gasteiger partial charge in [0.2, 0.25) is 0 Å². The van der Waals surface area contributed by atoms with Crippen molar-refractivity contribution in [2.75, 3.05) is 39.1 Å². The van der Waals surface area contributed by atoms with Gasteiger partial charge in [-0.1, -0.05) is 15.9 Å². The van der Waals surface area contributed by atoms with E-state index in [1.165, 1.54) is 44.2 Å². The Morgan fingerprint density at radius 2 is 2.14 bits per heavy atom. The minimum absolute atomic E-state index is 0.654. The van der Waals surface area contributed by atoms with Crippen LogP contribution in [0.1, 0.15) is 19.3 Å². The molecule has 2 fully saturated rings. The molecule has 1 atom stereocenters. The van der Waals surface area contributed by atoms with Crippen molar-refractivity contribution in [3.05, 3.63) is 0 Å². The maximum atomic E-state index is 3.65. The Kier molecular flexibility index (Phi) is 3.20. The predicted octanol–water partition coefficient (Wildman–Crippen LogP) is 1.80. The highest BCUT2D eigenvalue weighted by molar-refractivity contribution is 9.09. The molecule has 1 saturated heterocycles. The second-order valence-corrected chi connectivity index (χ2v) is 5.84. The highest BCUT2D eigenvalue weighted by Gasteiger charge is 2.43. The third kappa shape index (κ3) is 2.31. The number of alkyl halides is 1. The summed E-state index contributed by atoms with van der Waals surface area (Å²) in [5.74, 6) is 0. The number of halogens is 1. The summed E-state index contributed by atoms with van der Waals surface area (Å²) in [4.78, 5) is 5.02. The van der Waals surface area contributed by atoms with Crippen LogP contribution in [0.3, 0.4) is 0 Å². The first kappa shape index (κ1) is 10.9. The Bertz CT molecular complexity index is 201. The van der Waals surface area contributed by atoms with Crippen molar-refractivity contribution < 1.29 is 0 Å². The SMILES string of the molecule is CN(C)C1CCN(CC2(CBr)CC2)C1. The van der Waals surface area contributed by atoms with E-state index in [0.29, 0.717) is 5.41 Å². The van der Waals surface area contributed by atoms with Gasteiger partial charge in [-0.3, -0.25) is 0 Å². The molecular formula is C11H21BrN2. The Morgan fingerprint density at radius 3 is 2.57 bits per heavy atom. The van der Waals surface area contributed by atoms with Crippen molar-refractivity contribution in [2.45, 2.75) is 25.3 Å². The van der Waals surface area contributed by atoms with Crippen molar-refractivity contribution in [1.82, 2.24) is 9.80 Å². The van der Waals surface area contributed by atoms with Crippen molar-refractivity contribution in [3.63, 3.8) is 0 Å². The Hall–Kier alpha value is 0.400. The fourth-order valence-electron chi connectivity index (χ4n) is 2.36. The molecule has 0 bridgehead atoms. The monoisotopic (exact) mass is 260 g/mol. The van der Waals surface area contributed by atoms with Crippen LogP contribution in [-0.2, 0) is 0 Å². The van der Waals surface area contributed by atoms with Gasteiger partial charge in [0.05, 0.1) is 0 Å². The Balaban J connectivity index is 1.79. The molecule has 0 aromatic heterocycles. The average molecular weight is 261 g/mol. The van der Waals surface area contributed by atoms with Crippen LogP contribution in [0.15, 0.2) is 0 Å². The van der Waals surface area contributed by atoms with Gasteiger partial charge < -0.3 is 9.80 Å². The maximum absolute atomic E-state index is 3.65. The standard InChI is InChI=1S/C11H21BrN2/c1-13(2)10-3-6-14(7-10)9-11(8-12)4-5-11/h10H,3-9H2,1-2H3. The van der Waals surface area contributed by atoms with Gasteiger partial charge in [-0.2, -0.15) is 0 Å². The lowest BCUT2D eigenvalue weighted by atomic mass is 10.1. The van der Waals surface area contributed by atoms with E-state index in [-0.39, 0.29) is 0 Å². The smallest absolute Gasteiger partial charge is 0.0229 e. The van der Waals surface area contributed by atoms with E-state index in [2.05, 4.69) is 39.8 Å². The van der Waals surface area contributed by atoms with Gasteiger partial charge in [0.1, 0.15) is 0 Å². The Labute approximate surface area is 95.8 Å². The Morgan fingerprint density at radius 1 is 1.43 bits per heavy atom. The minimum Gasteiger partial charge on any atom is -0.305 e. The fraction of sp³-hybridized carbons (Fsp3) is 1.00. The van der Waals surface area contributed by atoms with Crippen LogP contribution < -0.4 is 0 Å². The first-order valence-corrected chi connectivity index (χ1v) is 6.72. The van der Waals surface area contributed by atoms with E-state index >= 15 is 0 Å². The van der Waals surface area contributed by atoms with Gasteiger partial charge in [0.15, 0.2) is 0 Å². The highest BCUT2D eigenvalue weighted by atomic mass is 79.9. The number of hydrogen-bond donors (Lipinski definition) is 0. The molecule has 1 saturated carbocycles. The van der Waals surface area contributed by atoms with E-state index in [0.717, 1.165) is 6.04 Å². The van der Waals surface area contributed by atoms with E-state index < -0.39 is 0 Å². The topological polar surface area (TPSA) is 6.48 Å². The van der Waals surface area contributed by atoms with Crippen LogP contribution >= 0.6 is 15.9 Å². The molecule has 0 spiro atoms. The molecule has 0 N–H and O–H groups in total. The molecule has 1 aliphatic carbocycles. The van der Waals surface area contributed by atoms with Gasteiger partial charge >= 0.3 is 0 Å². The summed E-state index contributed by atoms with van der Waals surface area (Å²) in [6.45, 7) is 3.90. The van der Waals surface area contributed by atoms with Gasteiger partial charge in [-0.25, -0.2) is 0 Å². The van der Waals surface area contributed by atoms with Crippen LogP contribution in [0.4, 0.5) is 0 Å². The number of likely N-dealkylation sites (N-methyl/N-ethyl adjacent to an activating group) is 1. The molecule has 3 heteroatoms. The molecule has 0 aromatic carbocycles. The zero-order chi connectivity index (χ0) is 10.2. The predicted molar refractivity (Wildman–Crippen MR) is 64.0 cm³/mol. The number of nitrogens with zero attached hydrogens (tertiary/aromatic N) is 2. The number of likely N-dealkylation sites (tertiary alicyclic amines) is 1. The molecule has 0 aromatic rings. The van der Waals surface area contributed by atoms with Crippen LogP contribution in [0.5, 0.6) is 0 Å². The largest absolute Gasteiger partial charge is 0.305 e.